The first-order valence-electron chi connectivity index (χ1n) is 10.1. The van der Waals surface area contributed by atoms with Gasteiger partial charge in [-0.3, -0.25) is 4.57 Å². The van der Waals surface area contributed by atoms with E-state index in [1.807, 2.05) is 53.1 Å². The van der Waals surface area contributed by atoms with Gasteiger partial charge in [0.2, 0.25) is 5.76 Å². The number of rotatable bonds is 9. The molecule has 0 saturated carbocycles. The molecule has 0 amide bonds. The maximum Gasteiger partial charge on any atom is 0.374 e. The maximum absolute atomic E-state index is 12.5. The predicted octanol–water partition coefficient (Wildman–Crippen LogP) is 5.46. The highest BCUT2D eigenvalue weighted by atomic mass is 35.5. The zero-order chi connectivity index (χ0) is 22.5. The second kappa shape index (κ2) is 10.2. The van der Waals surface area contributed by atoms with Crippen LogP contribution in [0, 0.1) is 0 Å². The van der Waals surface area contributed by atoms with E-state index in [1.54, 1.807) is 14.0 Å². The van der Waals surface area contributed by atoms with Crippen LogP contribution in [0.4, 0.5) is 0 Å². The molecule has 0 fully saturated rings. The number of carbonyl (C=O) groups is 1. The van der Waals surface area contributed by atoms with Crippen molar-refractivity contribution in [3.8, 4) is 11.4 Å². The Morgan fingerprint density at radius 1 is 1.16 bits per heavy atom. The monoisotopic (exact) mass is 471 g/mol. The summed E-state index contributed by atoms with van der Waals surface area (Å²) in [6, 6.07) is 15.0. The number of hydrogen-bond acceptors (Lipinski definition) is 7. The SMILES string of the molecule is CCOC(=O)c1oc2ccccc2c1CSc1nnc(-c2ccc(Cl)cc2)n1CCOC. The Morgan fingerprint density at radius 3 is 2.69 bits per heavy atom. The second-order valence-corrected chi connectivity index (χ2v) is 8.25. The van der Waals surface area contributed by atoms with Crippen LogP contribution in [-0.2, 0) is 21.8 Å². The van der Waals surface area contributed by atoms with E-state index in [9.17, 15) is 4.79 Å². The first kappa shape index (κ1) is 22.4. The molecule has 0 atom stereocenters. The van der Waals surface area contributed by atoms with Crippen molar-refractivity contribution < 1.29 is 18.7 Å². The molecule has 4 rings (SSSR count). The van der Waals surface area contributed by atoms with Crippen LogP contribution < -0.4 is 0 Å². The summed E-state index contributed by atoms with van der Waals surface area (Å²) in [7, 11) is 1.66. The van der Waals surface area contributed by atoms with Crippen LogP contribution in [0.1, 0.15) is 23.0 Å². The van der Waals surface area contributed by atoms with E-state index in [0.717, 1.165) is 22.3 Å². The molecule has 0 aliphatic heterocycles. The van der Waals surface area contributed by atoms with E-state index in [2.05, 4.69) is 10.2 Å². The summed E-state index contributed by atoms with van der Waals surface area (Å²) >= 11 is 7.51. The molecule has 32 heavy (non-hydrogen) atoms. The van der Waals surface area contributed by atoms with Gasteiger partial charge < -0.3 is 13.9 Å². The number of halogens is 1. The number of thioether (sulfide) groups is 1. The number of methoxy groups -OCH3 is 1. The quantitative estimate of drug-likeness (QED) is 0.237. The van der Waals surface area contributed by atoms with Crippen molar-refractivity contribution in [2.75, 3.05) is 20.3 Å². The van der Waals surface area contributed by atoms with E-state index in [4.69, 9.17) is 25.5 Å². The van der Waals surface area contributed by atoms with Crippen molar-refractivity contribution in [2.45, 2.75) is 24.4 Å². The van der Waals surface area contributed by atoms with Crippen molar-refractivity contribution in [3.05, 3.63) is 64.9 Å². The highest BCUT2D eigenvalue weighted by molar-refractivity contribution is 7.98. The third-order valence-corrected chi connectivity index (χ3v) is 6.09. The van der Waals surface area contributed by atoms with Gasteiger partial charge in [-0.25, -0.2) is 4.79 Å². The van der Waals surface area contributed by atoms with Gasteiger partial charge in [-0.2, -0.15) is 0 Å². The Hall–Kier alpha value is -2.81. The summed E-state index contributed by atoms with van der Waals surface area (Å²) in [5.41, 5.74) is 2.33. The van der Waals surface area contributed by atoms with Crippen LogP contribution in [0.15, 0.2) is 58.1 Å². The molecule has 0 spiro atoms. The zero-order valence-corrected chi connectivity index (χ0v) is 19.3. The third-order valence-electron chi connectivity index (χ3n) is 4.84. The van der Waals surface area contributed by atoms with Crippen molar-refractivity contribution in [1.29, 1.82) is 0 Å². The predicted molar refractivity (Wildman–Crippen MR) is 124 cm³/mol. The molecule has 0 unspecified atom stereocenters. The number of benzene rings is 2. The van der Waals surface area contributed by atoms with Crippen LogP contribution in [0.25, 0.3) is 22.4 Å². The van der Waals surface area contributed by atoms with E-state index < -0.39 is 5.97 Å². The molecule has 2 aromatic heterocycles. The molecule has 0 N–H and O–H groups in total. The lowest BCUT2D eigenvalue weighted by molar-refractivity contribution is 0.0491. The van der Waals surface area contributed by atoms with Crippen LogP contribution in [-0.4, -0.2) is 41.1 Å². The minimum atomic E-state index is -0.470. The van der Waals surface area contributed by atoms with Crippen LogP contribution in [0.2, 0.25) is 5.02 Å². The van der Waals surface area contributed by atoms with Gasteiger partial charge in [0.15, 0.2) is 11.0 Å². The summed E-state index contributed by atoms with van der Waals surface area (Å²) in [5.74, 6) is 0.948. The van der Waals surface area contributed by atoms with E-state index in [1.165, 1.54) is 11.8 Å². The Balaban J connectivity index is 1.66. The molecule has 9 heteroatoms. The lowest BCUT2D eigenvalue weighted by atomic mass is 10.1. The van der Waals surface area contributed by atoms with Crippen LogP contribution in [0.3, 0.4) is 0 Å². The summed E-state index contributed by atoms with van der Waals surface area (Å²) in [5, 5.41) is 11.0. The Labute approximate surface area is 194 Å². The normalized spacial score (nSPS) is 11.2. The fourth-order valence-electron chi connectivity index (χ4n) is 3.33. The van der Waals surface area contributed by atoms with Crippen molar-refractivity contribution >= 4 is 40.3 Å². The third kappa shape index (κ3) is 4.67. The fraction of sp³-hybridized carbons (Fsp3) is 0.261. The van der Waals surface area contributed by atoms with Gasteiger partial charge in [-0.1, -0.05) is 41.6 Å². The van der Waals surface area contributed by atoms with Gasteiger partial charge in [0.05, 0.1) is 19.8 Å². The average molecular weight is 472 g/mol. The van der Waals surface area contributed by atoms with Crippen molar-refractivity contribution in [1.82, 2.24) is 14.8 Å². The standard InChI is InChI=1S/C23H22ClN3O4S/c1-3-30-22(28)20-18(17-6-4-5-7-19(17)31-20)14-32-23-26-25-21(27(23)12-13-29-2)15-8-10-16(24)11-9-15/h4-11H,3,12-14H2,1-2H3. The van der Waals surface area contributed by atoms with Crippen LogP contribution >= 0.6 is 23.4 Å². The van der Waals surface area contributed by atoms with Crippen molar-refractivity contribution in [3.63, 3.8) is 0 Å². The minimum Gasteiger partial charge on any atom is -0.460 e. The summed E-state index contributed by atoms with van der Waals surface area (Å²) in [6.07, 6.45) is 0. The molecule has 0 bridgehead atoms. The smallest absolute Gasteiger partial charge is 0.374 e. The van der Waals surface area contributed by atoms with Crippen molar-refractivity contribution in [2.24, 2.45) is 0 Å². The molecule has 0 saturated heterocycles. The number of furan rings is 1. The summed E-state index contributed by atoms with van der Waals surface area (Å²) in [6.45, 7) is 3.14. The van der Waals surface area contributed by atoms with E-state index in [0.29, 0.717) is 34.7 Å². The molecule has 2 heterocycles. The Bertz CT molecular complexity index is 1220. The number of carbonyl (C=O) groups excluding carboxylic acids is 1. The molecule has 0 aliphatic carbocycles. The first-order chi connectivity index (χ1) is 15.6. The number of esters is 1. The topological polar surface area (TPSA) is 79.4 Å². The Kier molecular flexibility index (Phi) is 7.14. The van der Waals surface area contributed by atoms with E-state index >= 15 is 0 Å². The van der Waals surface area contributed by atoms with E-state index in [-0.39, 0.29) is 12.4 Å². The molecular weight excluding hydrogens is 450 g/mol. The molecule has 0 aliphatic rings. The number of nitrogens with zero attached hydrogens (tertiary/aromatic N) is 3. The Morgan fingerprint density at radius 2 is 1.94 bits per heavy atom. The maximum atomic E-state index is 12.5. The highest BCUT2D eigenvalue weighted by Gasteiger charge is 2.23. The van der Waals surface area contributed by atoms with Gasteiger partial charge >= 0.3 is 5.97 Å². The second-order valence-electron chi connectivity index (χ2n) is 6.87. The van der Waals surface area contributed by atoms with Gasteiger partial charge in [0.25, 0.3) is 0 Å². The lowest BCUT2D eigenvalue weighted by Gasteiger charge is -2.10. The molecular formula is C23H22ClN3O4S. The fourth-order valence-corrected chi connectivity index (χ4v) is 4.45. The number of hydrogen-bond donors (Lipinski definition) is 0. The molecule has 4 aromatic rings. The summed E-state index contributed by atoms with van der Waals surface area (Å²) < 4.78 is 18.3. The molecule has 2 aromatic carbocycles. The minimum absolute atomic E-state index is 0.224. The van der Waals surface area contributed by atoms with Crippen LogP contribution in [0.5, 0.6) is 0 Å². The number of para-hydroxylation sites is 1. The highest BCUT2D eigenvalue weighted by Crippen LogP contribution is 2.33. The van der Waals surface area contributed by atoms with Gasteiger partial charge in [0.1, 0.15) is 5.58 Å². The molecule has 0 radical (unpaired) electrons. The lowest BCUT2D eigenvalue weighted by Crippen LogP contribution is -2.08. The van der Waals surface area contributed by atoms with Gasteiger partial charge in [-0.05, 0) is 37.3 Å². The number of fused-ring (bicyclic) bond motifs is 1. The van der Waals surface area contributed by atoms with Gasteiger partial charge in [0, 0.05) is 34.4 Å². The zero-order valence-electron chi connectivity index (χ0n) is 17.7. The number of ether oxygens (including phenoxy) is 2. The molecule has 7 nitrogen and oxygen atoms in total. The average Bonchev–Trinajstić information content (AvgIpc) is 3.38. The number of aromatic nitrogens is 3. The molecule has 166 valence electrons. The summed E-state index contributed by atoms with van der Waals surface area (Å²) in [4.78, 5) is 12.5. The largest absolute Gasteiger partial charge is 0.460 e. The van der Waals surface area contributed by atoms with Gasteiger partial charge in [-0.15, -0.1) is 10.2 Å². The first-order valence-corrected chi connectivity index (χ1v) is 11.5.